The summed E-state index contributed by atoms with van der Waals surface area (Å²) in [7, 11) is 2.14. The first-order valence-electron chi connectivity index (χ1n) is 9.23. The van der Waals surface area contributed by atoms with Crippen LogP contribution in [0.15, 0.2) is 71.9 Å². The fraction of sp³-hybridized carbons (Fsp3) is 0.318. The molecule has 2 aromatic carbocycles. The quantitative estimate of drug-likeness (QED) is 0.542. The molecule has 2 aromatic rings. The predicted molar refractivity (Wildman–Crippen MR) is 114 cm³/mol. The van der Waals surface area contributed by atoms with Gasteiger partial charge < -0.3 is 10.6 Å². The van der Waals surface area contributed by atoms with E-state index in [-0.39, 0.29) is 11.5 Å². The zero-order chi connectivity index (χ0) is 19.1. The van der Waals surface area contributed by atoms with Gasteiger partial charge in [0.05, 0.1) is 6.04 Å². The highest BCUT2D eigenvalue weighted by atomic mass is 32.2. The van der Waals surface area contributed by atoms with Crippen LogP contribution in [-0.4, -0.2) is 43.1 Å². The Morgan fingerprint density at radius 2 is 1.67 bits per heavy atom. The molecule has 0 aromatic heterocycles. The van der Waals surface area contributed by atoms with Crippen LogP contribution in [0.25, 0.3) is 0 Å². The number of benzene rings is 2. The zero-order valence-electron chi connectivity index (χ0n) is 15.9. The third kappa shape index (κ3) is 4.80. The van der Waals surface area contributed by atoms with Crippen molar-refractivity contribution in [3.8, 4) is 0 Å². The van der Waals surface area contributed by atoms with Gasteiger partial charge in [0.1, 0.15) is 11.8 Å². The molecule has 0 saturated carbocycles. The molecule has 1 heterocycles. The van der Waals surface area contributed by atoms with Crippen molar-refractivity contribution < 1.29 is 4.79 Å². The highest BCUT2D eigenvalue weighted by molar-refractivity contribution is 7.99. The predicted octanol–water partition coefficient (Wildman–Crippen LogP) is 3.39. The van der Waals surface area contributed by atoms with Crippen LogP contribution in [0.2, 0.25) is 0 Å². The summed E-state index contributed by atoms with van der Waals surface area (Å²) in [5.74, 6) is 0. The van der Waals surface area contributed by atoms with Crippen molar-refractivity contribution in [2.24, 2.45) is 0 Å². The lowest BCUT2D eigenvalue weighted by Gasteiger charge is -2.37. The number of rotatable bonds is 8. The maximum Gasteiger partial charge on any atom is 0.147 e. The molecule has 1 aliphatic rings. The topological polar surface area (TPSA) is 44.4 Å². The maximum absolute atomic E-state index is 11.4. The van der Waals surface area contributed by atoms with E-state index in [2.05, 4.69) is 77.4 Å². The molecule has 5 heteroatoms. The van der Waals surface area contributed by atoms with Gasteiger partial charge in [0, 0.05) is 17.8 Å². The number of hydrogen-bond donors (Lipinski definition) is 2. The van der Waals surface area contributed by atoms with Crippen molar-refractivity contribution in [1.29, 1.82) is 0 Å². The minimum Gasteiger partial charge on any atom is -0.363 e. The van der Waals surface area contributed by atoms with E-state index >= 15 is 0 Å². The summed E-state index contributed by atoms with van der Waals surface area (Å²) in [4.78, 5) is 13.8. The molecule has 1 unspecified atom stereocenters. The molecule has 1 atom stereocenters. The van der Waals surface area contributed by atoms with E-state index in [0.717, 1.165) is 30.5 Å². The van der Waals surface area contributed by atoms with Crippen LogP contribution in [0.4, 0.5) is 0 Å². The van der Waals surface area contributed by atoms with Crippen LogP contribution >= 0.6 is 11.8 Å². The van der Waals surface area contributed by atoms with Gasteiger partial charge in [0.25, 0.3) is 0 Å². The molecule has 27 heavy (non-hydrogen) atoms. The summed E-state index contributed by atoms with van der Waals surface area (Å²) in [6, 6.07) is 21.2. The van der Waals surface area contributed by atoms with E-state index in [9.17, 15) is 4.79 Å². The van der Waals surface area contributed by atoms with Gasteiger partial charge >= 0.3 is 0 Å². The standard InChI is InChI=1S/C22H27N3OS/c1-25(22(27-2)24-20-15-23-14-13-19(20)16-26)21(17-9-5-3-6-10-17)18-11-7-4-8-12-18/h3-12,16,21-24H,13-15H2,1-2H3. The Bertz CT molecular complexity index is 724. The third-order valence-corrected chi connectivity index (χ3v) is 5.83. The van der Waals surface area contributed by atoms with Gasteiger partial charge in [0.15, 0.2) is 0 Å². The minimum atomic E-state index is 0.0419. The van der Waals surface area contributed by atoms with Crippen molar-refractivity contribution >= 4 is 18.0 Å². The minimum absolute atomic E-state index is 0.0419. The number of nitrogens with zero attached hydrogens (tertiary/aromatic N) is 1. The molecular formula is C22H27N3OS. The Morgan fingerprint density at radius 1 is 1.07 bits per heavy atom. The second kappa shape index (κ2) is 9.74. The third-order valence-electron chi connectivity index (χ3n) is 4.93. The van der Waals surface area contributed by atoms with Gasteiger partial charge in [-0.15, -0.1) is 11.8 Å². The molecule has 2 N–H and O–H groups in total. The Kier molecular flexibility index (Phi) is 7.10. The smallest absolute Gasteiger partial charge is 0.147 e. The molecular weight excluding hydrogens is 354 g/mol. The van der Waals surface area contributed by atoms with Gasteiger partial charge in [-0.1, -0.05) is 60.7 Å². The second-order valence-corrected chi connectivity index (χ2v) is 7.59. The number of carbonyl (C=O) groups excluding carboxylic acids is 1. The van der Waals surface area contributed by atoms with E-state index in [1.54, 1.807) is 11.8 Å². The maximum atomic E-state index is 11.4. The monoisotopic (exact) mass is 381 g/mol. The fourth-order valence-corrected chi connectivity index (χ4v) is 4.23. The highest BCUT2D eigenvalue weighted by Gasteiger charge is 2.26. The first-order chi connectivity index (χ1) is 13.2. The van der Waals surface area contributed by atoms with Gasteiger partial charge in [-0.25, -0.2) is 0 Å². The van der Waals surface area contributed by atoms with Crippen LogP contribution in [0.5, 0.6) is 0 Å². The second-order valence-electron chi connectivity index (χ2n) is 6.67. The number of carbonyl (C=O) groups is 1. The van der Waals surface area contributed by atoms with Gasteiger partial charge in [-0.05, 0) is 37.4 Å². The summed E-state index contributed by atoms with van der Waals surface area (Å²) < 4.78 is 0. The molecule has 0 spiro atoms. The average molecular weight is 382 g/mol. The van der Waals surface area contributed by atoms with E-state index < -0.39 is 0 Å². The summed E-state index contributed by atoms with van der Waals surface area (Å²) in [6.07, 6.45) is 3.86. The average Bonchev–Trinajstić information content (AvgIpc) is 2.74. The largest absolute Gasteiger partial charge is 0.363 e. The summed E-state index contributed by atoms with van der Waals surface area (Å²) in [6.45, 7) is 1.57. The van der Waals surface area contributed by atoms with E-state index in [0.29, 0.717) is 6.54 Å². The van der Waals surface area contributed by atoms with E-state index in [1.807, 2.05) is 12.1 Å². The van der Waals surface area contributed by atoms with Crippen LogP contribution in [0.1, 0.15) is 23.6 Å². The lowest BCUT2D eigenvalue weighted by molar-refractivity contribution is -0.105. The Hall–Kier alpha value is -2.08. The fourth-order valence-electron chi connectivity index (χ4n) is 3.52. The molecule has 3 rings (SSSR count). The molecule has 0 saturated heterocycles. The van der Waals surface area contributed by atoms with E-state index in [1.165, 1.54) is 11.1 Å². The van der Waals surface area contributed by atoms with Crippen molar-refractivity contribution in [3.05, 3.63) is 83.1 Å². The molecule has 142 valence electrons. The summed E-state index contributed by atoms with van der Waals surface area (Å²) in [5.41, 5.74) is 4.41. The summed E-state index contributed by atoms with van der Waals surface area (Å²) >= 11 is 1.74. The van der Waals surface area contributed by atoms with E-state index in [4.69, 9.17) is 0 Å². The number of aldehydes is 1. The summed E-state index contributed by atoms with van der Waals surface area (Å²) in [5, 5.41) is 6.95. The molecule has 0 bridgehead atoms. The first-order valence-corrected chi connectivity index (χ1v) is 10.5. The molecule has 1 aliphatic heterocycles. The SMILES string of the molecule is CSC(NC1=C(C=O)CCNC1)N(C)C(c1ccccc1)c1ccccc1. The Morgan fingerprint density at radius 3 is 2.19 bits per heavy atom. The molecule has 0 fully saturated rings. The highest BCUT2D eigenvalue weighted by Crippen LogP contribution is 2.31. The molecule has 0 amide bonds. The number of nitrogens with one attached hydrogen (secondary N) is 2. The van der Waals surface area contributed by atoms with Crippen molar-refractivity contribution in [2.45, 2.75) is 18.0 Å². The van der Waals surface area contributed by atoms with Crippen molar-refractivity contribution in [1.82, 2.24) is 15.5 Å². The Labute approximate surface area is 166 Å². The van der Waals surface area contributed by atoms with Gasteiger partial charge in [-0.3, -0.25) is 9.69 Å². The molecule has 4 nitrogen and oxygen atoms in total. The van der Waals surface area contributed by atoms with Gasteiger partial charge in [-0.2, -0.15) is 0 Å². The normalized spacial score (nSPS) is 15.9. The van der Waals surface area contributed by atoms with Crippen LogP contribution < -0.4 is 10.6 Å². The Balaban J connectivity index is 1.91. The molecule has 0 aliphatic carbocycles. The lowest BCUT2D eigenvalue weighted by atomic mass is 9.98. The van der Waals surface area contributed by atoms with Crippen LogP contribution in [0, 0.1) is 0 Å². The first kappa shape index (κ1) is 19.7. The number of hydrogen-bond acceptors (Lipinski definition) is 5. The van der Waals surface area contributed by atoms with Crippen LogP contribution in [-0.2, 0) is 4.79 Å². The number of thioether (sulfide) groups is 1. The lowest BCUT2D eigenvalue weighted by Crippen LogP contribution is -2.46. The van der Waals surface area contributed by atoms with Crippen molar-refractivity contribution in [3.63, 3.8) is 0 Å². The van der Waals surface area contributed by atoms with Crippen molar-refractivity contribution in [2.75, 3.05) is 26.4 Å². The zero-order valence-corrected chi connectivity index (χ0v) is 16.7. The van der Waals surface area contributed by atoms with Crippen LogP contribution in [0.3, 0.4) is 0 Å². The van der Waals surface area contributed by atoms with Gasteiger partial charge in [0.2, 0.25) is 0 Å². The molecule has 0 radical (unpaired) electrons.